The minimum absolute atomic E-state index is 0.0537. The Kier molecular flexibility index (Phi) is 8.40. The summed E-state index contributed by atoms with van der Waals surface area (Å²) >= 11 is 3.21. The van der Waals surface area contributed by atoms with E-state index in [0.29, 0.717) is 50.7 Å². The lowest BCUT2D eigenvalue weighted by Gasteiger charge is -2.27. The molecule has 0 aliphatic carbocycles. The van der Waals surface area contributed by atoms with Crippen LogP contribution in [0.2, 0.25) is 0 Å². The zero-order chi connectivity index (χ0) is 20.6. The van der Waals surface area contributed by atoms with Gasteiger partial charge in [-0.3, -0.25) is 14.6 Å². The Hall–Kier alpha value is -1.56. The summed E-state index contributed by atoms with van der Waals surface area (Å²) in [5.41, 5.74) is 3.06. The topological polar surface area (TPSA) is 66.4 Å². The smallest absolute Gasteiger partial charge is 0.293 e. The molecule has 0 amide bonds. The Morgan fingerprint density at radius 3 is 2.93 bits per heavy atom. The van der Waals surface area contributed by atoms with Gasteiger partial charge in [0, 0.05) is 43.9 Å². The van der Waals surface area contributed by atoms with Crippen LogP contribution in [0, 0.1) is 11.6 Å². The van der Waals surface area contributed by atoms with E-state index < -0.39 is 17.7 Å². The molecular formula is C18H24F2N4O3S2. The van der Waals surface area contributed by atoms with E-state index in [-0.39, 0.29) is 5.69 Å². The van der Waals surface area contributed by atoms with Crippen molar-refractivity contribution in [2.45, 2.75) is 6.10 Å². The molecule has 0 unspecified atom stereocenters. The van der Waals surface area contributed by atoms with E-state index in [1.54, 1.807) is 28.6 Å². The molecule has 3 rings (SSSR count). The fourth-order valence-electron chi connectivity index (χ4n) is 3.08. The standard InChI is InChI=1S/C18H24F2N4O3S2/c1-23(10-14(26-12-25)11-29-18-21-3-7-28-18)13-8-15(19)17(16(20)9-13)24-4-2-22-27-6-5-24/h8-9,12,14,22H,2-7,10-11H2,1H3/t14-/m1/s1. The van der Waals surface area contributed by atoms with Gasteiger partial charge in [-0.05, 0) is 12.1 Å². The molecule has 2 aliphatic heterocycles. The lowest BCUT2D eigenvalue weighted by molar-refractivity contribution is -0.132. The minimum Gasteiger partial charge on any atom is -0.462 e. The van der Waals surface area contributed by atoms with Gasteiger partial charge in [-0.25, -0.2) is 14.3 Å². The fourth-order valence-corrected chi connectivity index (χ4v) is 5.10. The monoisotopic (exact) mass is 446 g/mol. The number of halogens is 2. The number of benzene rings is 1. The molecule has 2 aliphatic rings. The van der Waals surface area contributed by atoms with E-state index in [1.807, 2.05) is 0 Å². The predicted molar refractivity (Wildman–Crippen MR) is 114 cm³/mol. The molecule has 1 fully saturated rings. The summed E-state index contributed by atoms with van der Waals surface area (Å²) in [5, 5.41) is 0. The van der Waals surface area contributed by atoms with Gasteiger partial charge in [0.2, 0.25) is 0 Å². The molecular weight excluding hydrogens is 422 g/mol. The van der Waals surface area contributed by atoms with E-state index >= 15 is 0 Å². The molecule has 1 aromatic rings. The van der Waals surface area contributed by atoms with Gasteiger partial charge in [0.15, 0.2) is 11.6 Å². The predicted octanol–water partition coefficient (Wildman–Crippen LogP) is 2.12. The molecule has 0 spiro atoms. The first-order valence-electron chi connectivity index (χ1n) is 9.27. The Morgan fingerprint density at radius 1 is 1.45 bits per heavy atom. The maximum atomic E-state index is 14.7. The van der Waals surface area contributed by atoms with Crippen molar-refractivity contribution in [3.8, 4) is 0 Å². The van der Waals surface area contributed by atoms with Crippen LogP contribution in [-0.4, -0.2) is 74.8 Å². The Morgan fingerprint density at radius 2 is 2.24 bits per heavy atom. The van der Waals surface area contributed by atoms with Crippen LogP contribution in [0.15, 0.2) is 17.1 Å². The first-order valence-corrected chi connectivity index (χ1v) is 11.2. The zero-order valence-corrected chi connectivity index (χ0v) is 17.7. The average molecular weight is 447 g/mol. The largest absolute Gasteiger partial charge is 0.462 e. The van der Waals surface area contributed by atoms with Crippen molar-refractivity contribution in [3.63, 3.8) is 0 Å². The van der Waals surface area contributed by atoms with Crippen LogP contribution < -0.4 is 15.3 Å². The summed E-state index contributed by atoms with van der Waals surface area (Å²) in [6, 6.07) is 2.61. The van der Waals surface area contributed by atoms with Gasteiger partial charge < -0.3 is 14.5 Å². The van der Waals surface area contributed by atoms with Crippen molar-refractivity contribution >= 4 is 45.7 Å². The Balaban J connectivity index is 1.66. The third-order valence-corrected chi connectivity index (χ3v) is 6.87. The number of hydroxylamine groups is 1. The Labute approximate surface area is 177 Å². The van der Waals surface area contributed by atoms with Gasteiger partial charge in [0.25, 0.3) is 6.47 Å². The second kappa shape index (κ2) is 11.0. The van der Waals surface area contributed by atoms with Crippen LogP contribution >= 0.6 is 23.5 Å². The van der Waals surface area contributed by atoms with Crippen LogP contribution in [0.1, 0.15) is 0 Å². The maximum absolute atomic E-state index is 14.7. The summed E-state index contributed by atoms with van der Waals surface area (Å²) in [5.74, 6) is 0.227. The van der Waals surface area contributed by atoms with E-state index in [0.717, 1.165) is 16.7 Å². The minimum atomic E-state index is -0.632. The van der Waals surface area contributed by atoms with Crippen LogP contribution in [0.3, 0.4) is 0 Å². The van der Waals surface area contributed by atoms with Crippen molar-refractivity contribution in [1.82, 2.24) is 5.48 Å². The highest BCUT2D eigenvalue weighted by Crippen LogP contribution is 2.29. The number of hydrogen-bond donors (Lipinski definition) is 1. The summed E-state index contributed by atoms with van der Waals surface area (Å²) in [6.07, 6.45) is -0.425. The van der Waals surface area contributed by atoms with Crippen LogP contribution in [0.25, 0.3) is 0 Å². The Bertz CT molecular complexity index is 710. The molecule has 2 heterocycles. The number of likely N-dealkylation sites (N-methyl/N-ethyl adjacent to an activating group) is 1. The molecule has 1 atom stereocenters. The van der Waals surface area contributed by atoms with Crippen molar-refractivity contribution in [2.24, 2.45) is 4.99 Å². The summed E-state index contributed by atoms with van der Waals surface area (Å²) < 4.78 is 35.6. The highest BCUT2D eigenvalue weighted by atomic mass is 32.2. The summed E-state index contributed by atoms with van der Waals surface area (Å²) in [6.45, 7) is 3.17. The molecule has 0 bridgehead atoms. The lowest BCUT2D eigenvalue weighted by Crippen LogP contribution is -2.33. The highest BCUT2D eigenvalue weighted by Gasteiger charge is 2.22. The first kappa shape index (κ1) is 22.1. The van der Waals surface area contributed by atoms with Gasteiger partial charge in [-0.15, -0.1) is 0 Å². The number of rotatable bonds is 8. The molecule has 0 radical (unpaired) electrons. The molecule has 7 nitrogen and oxygen atoms in total. The van der Waals surface area contributed by atoms with E-state index in [4.69, 9.17) is 9.57 Å². The van der Waals surface area contributed by atoms with Gasteiger partial charge >= 0.3 is 0 Å². The molecule has 0 saturated carbocycles. The molecule has 29 heavy (non-hydrogen) atoms. The second-order valence-electron chi connectivity index (χ2n) is 6.53. The van der Waals surface area contributed by atoms with Crippen LogP contribution in [0.5, 0.6) is 0 Å². The van der Waals surface area contributed by atoms with Gasteiger partial charge in [-0.1, -0.05) is 23.5 Å². The molecule has 1 N–H and O–H groups in total. The number of carbonyl (C=O) groups excluding carboxylic acids is 1. The number of ether oxygens (including phenoxy) is 1. The van der Waals surface area contributed by atoms with E-state index in [9.17, 15) is 13.6 Å². The summed E-state index contributed by atoms with van der Waals surface area (Å²) in [7, 11) is 1.71. The lowest BCUT2D eigenvalue weighted by atomic mass is 10.2. The van der Waals surface area contributed by atoms with E-state index in [2.05, 4.69) is 10.5 Å². The van der Waals surface area contributed by atoms with Crippen molar-refractivity contribution in [3.05, 3.63) is 23.8 Å². The number of nitrogens with one attached hydrogen (secondary N) is 1. The molecule has 160 valence electrons. The maximum Gasteiger partial charge on any atom is 0.293 e. The quantitative estimate of drug-likeness (QED) is 0.610. The first-order chi connectivity index (χ1) is 14.1. The van der Waals surface area contributed by atoms with Crippen molar-refractivity contribution in [2.75, 3.05) is 67.7 Å². The van der Waals surface area contributed by atoms with E-state index in [1.165, 1.54) is 23.9 Å². The van der Waals surface area contributed by atoms with Crippen LogP contribution in [-0.2, 0) is 14.4 Å². The SMILES string of the molecule is CN(C[C@H](CSC1=NCCS1)OC=O)c1cc(F)c(N2CCNOCC2)c(F)c1. The van der Waals surface area contributed by atoms with Crippen molar-refractivity contribution in [1.29, 1.82) is 0 Å². The third-order valence-electron chi connectivity index (χ3n) is 4.48. The average Bonchev–Trinajstić information content (AvgIpc) is 3.08. The third kappa shape index (κ3) is 6.21. The van der Waals surface area contributed by atoms with Crippen LogP contribution in [0.4, 0.5) is 20.2 Å². The number of aliphatic imine (C=N–C) groups is 1. The number of thioether (sulfide) groups is 2. The van der Waals surface area contributed by atoms with Gasteiger partial charge in [-0.2, -0.15) is 0 Å². The van der Waals surface area contributed by atoms with Crippen molar-refractivity contribution < 1.29 is 23.1 Å². The second-order valence-corrected chi connectivity index (χ2v) is 8.88. The molecule has 0 aromatic heterocycles. The fraction of sp³-hybridized carbons (Fsp3) is 0.556. The number of anilines is 2. The summed E-state index contributed by atoms with van der Waals surface area (Å²) in [4.78, 5) is 23.6. The number of hydrogen-bond acceptors (Lipinski definition) is 9. The highest BCUT2D eigenvalue weighted by molar-refractivity contribution is 8.39. The molecule has 11 heteroatoms. The zero-order valence-electron chi connectivity index (χ0n) is 16.1. The normalized spacial score (nSPS) is 18.2. The van der Waals surface area contributed by atoms with Gasteiger partial charge in [0.05, 0.1) is 19.7 Å². The molecule has 1 aromatic carbocycles. The number of nitrogens with zero attached hydrogens (tertiary/aromatic N) is 3. The molecule has 1 saturated heterocycles. The number of carbonyl (C=O) groups is 1. The van der Waals surface area contributed by atoms with Gasteiger partial charge in [0.1, 0.15) is 16.2 Å².